The molecule has 0 amide bonds. The Bertz CT molecular complexity index is 701. The fourth-order valence-corrected chi connectivity index (χ4v) is 4.03. The number of hydrogen-bond acceptors (Lipinski definition) is 3. The van der Waals surface area contributed by atoms with E-state index in [0.717, 1.165) is 5.56 Å². The zero-order valence-electron chi connectivity index (χ0n) is 11.5. The van der Waals surface area contributed by atoms with Crippen molar-refractivity contribution in [3.8, 4) is 0 Å². The zero-order valence-corrected chi connectivity index (χ0v) is 13.9. The first-order valence-electron chi connectivity index (χ1n) is 6.06. The highest BCUT2D eigenvalue weighted by Crippen LogP contribution is 2.31. The van der Waals surface area contributed by atoms with Crippen LogP contribution in [0.25, 0.3) is 0 Å². The normalized spacial score (nSPS) is 12.4. The fourth-order valence-electron chi connectivity index (χ4n) is 1.68. The summed E-state index contributed by atoms with van der Waals surface area (Å²) in [5, 5.41) is 2.12. The van der Waals surface area contributed by atoms with E-state index in [2.05, 4.69) is 25.5 Å². The molecule has 6 heteroatoms. The summed E-state index contributed by atoms with van der Waals surface area (Å²) in [7, 11) is -3.56. The molecule has 0 aliphatic carbocycles. The lowest BCUT2D eigenvalue weighted by atomic mass is 9.87. The van der Waals surface area contributed by atoms with Gasteiger partial charge in [-0.1, -0.05) is 44.5 Å². The van der Waals surface area contributed by atoms with Crippen LogP contribution in [-0.4, -0.2) is 8.42 Å². The Morgan fingerprint density at radius 2 is 1.90 bits per heavy atom. The summed E-state index contributed by atoms with van der Waals surface area (Å²) in [6.45, 7) is 6.23. The van der Waals surface area contributed by atoms with E-state index in [-0.39, 0.29) is 9.62 Å². The lowest BCUT2D eigenvalue weighted by molar-refractivity contribution is 0.590. The number of rotatable bonds is 3. The first-order chi connectivity index (χ1) is 9.20. The van der Waals surface area contributed by atoms with Crippen molar-refractivity contribution in [2.45, 2.75) is 30.4 Å². The Kier molecular flexibility index (Phi) is 4.14. The van der Waals surface area contributed by atoms with Crippen LogP contribution in [-0.2, 0) is 15.4 Å². The standard InChI is InChI=1S/C14H16ClNO2S2/c1-14(2,3)10-6-7-12(11(15)9-10)16-20(17,18)13-5-4-8-19-13/h4-9,16H,1-3H3. The van der Waals surface area contributed by atoms with Crippen LogP contribution in [0.1, 0.15) is 26.3 Å². The van der Waals surface area contributed by atoms with Gasteiger partial charge in [0.15, 0.2) is 0 Å². The van der Waals surface area contributed by atoms with Crippen molar-refractivity contribution in [2.24, 2.45) is 0 Å². The van der Waals surface area contributed by atoms with Crippen LogP contribution >= 0.6 is 22.9 Å². The minimum absolute atomic E-state index is 0.0329. The third kappa shape index (κ3) is 3.34. The highest BCUT2D eigenvalue weighted by atomic mass is 35.5. The van der Waals surface area contributed by atoms with Gasteiger partial charge in [-0.3, -0.25) is 4.72 Å². The molecule has 0 saturated carbocycles. The Hall–Kier alpha value is -1.04. The van der Waals surface area contributed by atoms with Crippen LogP contribution in [0.4, 0.5) is 5.69 Å². The van der Waals surface area contributed by atoms with Crippen molar-refractivity contribution >= 4 is 38.6 Å². The predicted octanol–water partition coefficient (Wildman–Crippen LogP) is 4.50. The molecule has 20 heavy (non-hydrogen) atoms. The van der Waals surface area contributed by atoms with Crippen molar-refractivity contribution < 1.29 is 8.42 Å². The molecular formula is C14H16ClNO2S2. The Morgan fingerprint density at radius 3 is 2.40 bits per heavy atom. The maximum absolute atomic E-state index is 12.1. The number of benzene rings is 1. The largest absolute Gasteiger partial charge is 0.277 e. The summed E-state index contributed by atoms with van der Waals surface area (Å²) in [5.74, 6) is 0. The molecule has 0 atom stereocenters. The average Bonchev–Trinajstić information content (AvgIpc) is 2.84. The van der Waals surface area contributed by atoms with E-state index in [0.29, 0.717) is 10.7 Å². The van der Waals surface area contributed by atoms with Gasteiger partial charge in [-0.15, -0.1) is 11.3 Å². The number of hydrogen-bond donors (Lipinski definition) is 1. The van der Waals surface area contributed by atoms with E-state index in [4.69, 9.17) is 11.6 Å². The summed E-state index contributed by atoms with van der Waals surface area (Å²) in [6, 6.07) is 8.65. The number of nitrogens with one attached hydrogen (secondary N) is 1. The Balaban J connectivity index is 2.32. The van der Waals surface area contributed by atoms with E-state index < -0.39 is 10.0 Å². The number of anilines is 1. The van der Waals surface area contributed by atoms with E-state index in [1.165, 1.54) is 11.3 Å². The number of halogens is 1. The molecule has 0 radical (unpaired) electrons. The molecule has 0 fully saturated rings. The van der Waals surface area contributed by atoms with Crippen molar-refractivity contribution in [2.75, 3.05) is 4.72 Å². The van der Waals surface area contributed by atoms with Gasteiger partial charge >= 0.3 is 0 Å². The van der Waals surface area contributed by atoms with Gasteiger partial charge in [0.1, 0.15) is 4.21 Å². The molecule has 0 spiro atoms. The molecule has 1 aromatic carbocycles. The van der Waals surface area contributed by atoms with E-state index in [9.17, 15) is 8.42 Å². The zero-order chi connectivity index (χ0) is 15.0. The van der Waals surface area contributed by atoms with Gasteiger partial charge in [-0.05, 0) is 34.6 Å². The van der Waals surface area contributed by atoms with Gasteiger partial charge in [-0.25, -0.2) is 8.42 Å². The summed E-state index contributed by atoms with van der Waals surface area (Å²) in [4.78, 5) is 0. The van der Waals surface area contributed by atoms with Crippen LogP contribution in [0, 0.1) is 0 Å². The molecule has 1 N–H and O–H groups in total. The van der Waals surface area contributed by atoms with Gasteiger partial charge in [0.25, 0.3) is 10.0 Å². The highest BCUT2D eigenvalue weighted by Gasteiger charge is 2.19. The molecule has 2 aromatic rings. The summed E-state index contributed by atoms with van der Waals surface area (Å²) in [5.41, 5.74) is 1.42. The Labute approximate surface area is 128 Å². The predicted molar refractivity (Wildman–Crippen MR) is 85.3 cm³/mol. The maximum Gasteiger partial charge on any atom is 0.271 e. The second kappa shape index (κ2) is 5.39. The lowest BCUT2D eigenvalue weighted by Gasteiger charge is -2.20. The van der Waals surface area contributed by atoms with Gasteiger partial charge < -0.3 is 0 Å². The Morgan fingerprint density at radius 1 is 1.20 bits per heavy atom. The van der Waals surface area contributed by atoms with Crippen LogP contribution < -0.4 is 4.72 Å². The van der Waals surface area contributed by atoms with Gasteiger partial charge in [0.2, 0.25) is 0 Å². The minimum Gasteiger partial charge on any atom is -0.277 e. The van der Waals surface area contributed by atoms with Gasteiger partial charge in [0.05, 0.1) is 10.7 Å². The fraction of sp³-hybridized carbons (Fsp3) is 0.286. The maximum atomic E-state index is 12.1. The number of thiophene rings is 1. The second-order valence-electron chi connectivity index (χ2n) is 5.48. The molecule has 0 aliphatic rings. The molecule has 0 saturated heterocycles. The summed E-state index contributed by atoms with van der Waals surface area (Å²) >= 11 is 7.35. The molecule has 108 valence electrons. The smallest absolute Gasteiger partial charge is 0.271 e. The third-order valence-electron chi connectivity index (χ3n) is 2.84. The SMILES string of the molecule is CC(C)(C)c1ccc(NS(=O)(=O)c2cccs2)c(Cl)c1. The quantitative estimate of drug-likeness (QED) is 0.901. The van der Waals surface area contributed by atoms with Gasteiger partial charge in [-0.2, -0.15) is 0 Å². The highest BCUT2D eigenvalue weighted by molar-refractivity contribution is 7.94. The van der Waals surface area contributed by atoms with E-state index >= 15 is 0 Å². The lowest BCUT2D eigenvalue weighted by Crippen LogP contribution is -2.14. The molecular weight excluding hydrogens is 314 g/mol. The first-order valence-corrected chi connectivity index (χ1v) is 8.80. The summed E-state index contributed by atoms with van der Waals surface area (Å²) < 4.78 is 27.1. The van der Waals surface area contributed by atoms with Crippen molar-refractivity contribution in [3.05, 3.63) is 46.3 Å². The molecule has 2 rings (SSSR count). The van der Waals surface area contributed by atoms with Crippen LogP contribution in [0.2, 0.25) is 5.02 Å². The van der Waals surface area contributed by atoms with Crippen LogP contribution in [0.15, 0.2) is 39.9 Å². The number of sulfonamides is 1. The minimum atomic E-state index is -3.56. The van der Waals surface area contributed by atoms with Crippen LogP contribution in [0.3, 0.4) is 0 Å². The second-order valence-corrected chi connectivity index (χ2v) is 8.75. The molecule has 0 aliphatic heterocycles. The van der Waals surface area contributed by atoms with Crippen molar-refractivity contribution in [1.29, 1.82) is 0 Å². The van der Waals surface area contributed by atoms with Crippen molar-refractivity contribution in [1.82, 2.24) is 0 Å². The average molecular weight is 330 g/mol. The monoisotopic (exact) mass is 329 g/mol. The topological polar surface area (TPSA) is 46.2 Å². The van der Waals surface area contributed by atoms with Gasteiger partial charge in [0, 0.05) is 0 Å². The van der Waals surface area contributed by atoms with E-state index in [1.54, 1.807) is 29.6 Å². The molecule has 1 aromatic heterocycles. The van der Waals surface area contributed by atoms with Crippen LogP contribution in [0.5, 0.6) is 0 Å². The first kappa shape index (κ1) is 15.4. The van der Waals surface area contributed by atoms with E-state index in [1.807, 2.05) is 6.07 Å². The van der Waals surface area contributed by atoms with Crippen molar-refractivity contribution in [3.63, 3.8) is 0 Å². The molecule has 1 heterocycles. The third-order valence-corrected chi connectivity index (χ3v) is 5.92. The molecule has 0 bridgehead atoms. The molecule has 3 nitrogen and oxygen atoms in total. The summed E-state index contributed by atoms with van der Waals surface area (Å²) in [6.07, 6.45) is 0. The molecule has 0 unspecified atom stereocenters.